The molecule has 5 nitrogen and oxygen atoms in total. The number of carbonyl (C=O) groups is 2. The molecule has 0 aromatic heterocycles. The van der Waals surface area contributed by atoms with Crippen LogP contribution >= 0.6 is 0 Å². The van der Waals surface area contributed by atoms with E-state index in [1.807, 2.05) is 49.4 Å². The van der Waals surface area contributed by atoms with Crippen LogP contribution in [0.15, 0.2) is 60.3 Å². The fourth-order valence-electron chi connectivity index (χ4n) is 2.16. The fraction of sp³-hybridized carbons (Fsp3) is 0.158. The molecular weight excluding hydrogens is 306 g/mol. The Balaban J connectivity index is 2.21. The molecule has 2 aromatic rings. The first-order valence-electron chi connectivity index (χ1n) is 7.35. The third-order valence-corrected chi connectivity index (χ3v) is 3.38. The molecule has 0 radical (unpaired) electrons. The summed E-state index contributed by atoms with van der Waals surface area (Å²) in [4.78, 5) is 23.1. The van der Waals surface area contributed by atoms with Crippen molar-refractivity contribution in [3.63, 3.8) is 0 Å². The molecule has 0 bridgehead atoms. The molecule has 0 aliphatic rings. The highest BCUT2D eigenvalue weighted by molar-refractivity contribution is 5.98. The summed E-state index contributed by atoms with van der Waals surface area (Å²) in [7, 11) is 2.49. The van der Waals surface area contributed by atoms with Gasteiger partial charge in [0.25, 0.3) is 0 Å². The summed E-state index contributed by atoms with van der Waals surface area (Å²) >= 11 is 0. The van der Waals surface area contributed by atoms with E-state index in [1.54, 1.807) is 0 Å². The maximum atomic E-state index is 11.7. The van der Waals surface area contributed by atoms with Gasteiger partial charge < -0.3 is 14.8 Å². The molecule has 24 heavy (non-hydrogen) atoms. The van der Waals surface area contributed by atoms with Gasteiger partial charge in [-0.3, -0.25) is 0 Å². The van der Waals surface area contributed by atoms with Crippen molar-refractivity contribution in [1.29, 1.82) is 0 Å². The number of nitrogens with one attached hydrogen (secondary N) is 1. The summed E-state index contributed by atoms with van der Waals surface area (Å²) in [5.41, 5.74) is 4.02. The predicted molar refractivity (Wildman–Crippen MR) is 92.4 cm³/mol. The number of esters is 2. The van der Waals surface area contributed by atoms with Gasteiger partial charge in [0.15, 0.2) is 0 Å². The lowest BCUT2D eigenvalue weighted by atomic mass is 10.0. The Morgan fingerprint density at radius 3 is 2.25 bits per heavy atom. The minimum atomic E-state index is -0.650. The zero-order valence-electron chi connectivity index (χ0n) is 13.8. The number of hydrogen-bond donors (Lipinski definition) is 1. The average Bonchev–Trinajstić information content (AvgIpc) is 2.61. The first kappa shape index (κ1) is 17.3. The van der Waals surface area contributed by atoms with E-state index < -0.39 is 11.9 Å². The van der Waals surface area contributed by atoms with Crippen LogP contribution in [-0.4, -0.2) is 26.2 Å². The summed E-state index contributed by atoms with van der Waals surface area (Å²) < 4.78 is 9.20. The number of benzene rings is 2. The largest absolute Gasteiger partial charge is 0.466 e. The van der Waals surface area contributed by atoms with Gasteiger partial charge in [-0.25, -0.2) is 9.59 Å². The lowest BCUT2D eigenvalue weighted by Crippen LogP contribution is -2.15. The third kappa shape index (κ3) is 4.46. The second-order valence-electron chi connectivity index (χ2n) is 5.14. The Morgan fingerprint density at radius 1 is 0.958 bits per heavy atom. The molecule has 0 unspecified atom stereocenters. The van der Waals surface area contributed by atoms with E-state index >= 15 is 0 Å². The maximum Gasteiger partial charge on any atom is 0.354 e. The van der Waals surface area contributed by atoms with Gasteiger partial charge in [0.2, 0.25) is 0 Å². The molecule has 0 heterocycles. The summed E-state index contributed by atoms with van der Waals surface area (Å²) in [6.07, 6.45) is 1.06. The van der Waals surface area contributed by atoms with Crippen molar-refractivity contribution in [2.24, 2.45) is 0 Å². The standard InChI is InChI=1S/C19H19NO4/c1-13-5-4-6-15(11-13)14-7-9-16(10-8-14)20-17(19(22)24-3)12-18(21)23-2/h4-12,20H,1-3H3/b17-12+. The van der Waals surface area contributed by atoms with Crippen LogP contribution < -0.4 is 5.32 Å². The average molecular weight is 325 g/mol. The van der Waals surface area contributed by atoms with Crippen molar-refractivity contribution in [2.45, 2.75) is 6.92 Å². The van der Waals surface area contributed by atoms with E-state index in [2.05, 4.69) is 20.9 Å². The van der Waals surface area contributed by atoms with Crippen molar-refractivity contribution < 1.29 is 19.1 Å². The van der Waals surface area contributed by atoms with Crippen LogP contribution in [-0.2, 0) is 19.1 Å². The highest BCUT2D eigenvalue weighted by atomic mass is 16.5. The van der Waals surface area contributed by atoms with Crippen LogP contribution in [0, 0.1) is 6.92 Å². The van der Waals surface area contributed by atoms with Crippen LogP contribution in [0.2, 0.25) is 0 Å². The number of hydrogen-bond acceptors (Lipinski definition) is 5. The molecule has 124 valence electrons. The van der Waals surface area contributed by atoms with Gasteiger partial charge in [0, 0.05) is 5.69 Å². The van der Waals surface area contributed by atoms with Crippen LogP contribution in [0.4, 0.5) is 5.69 Å². The van der Waals surface area contributed by atoms with Gasteiger partial charge >= 0.3 is 11.9 Å². The van der Waals surface area contributed by atoms with Gasteiger partial charge in [-0.05, 0) is 30.2 Å². The quantitative estimate of drug-likeness (QED) is 0.675. The zero-order chi connectivity index (χ0) is 17.5. The molecule has 0 spiro atoms. The smallest absolute Gasteiger partial charge is 0.354 e. The third-order valence-electron chi connectivity index (χ3n) is 3.38. The van der Waals surface area contributed by atoms with E-state index in [0.717, 1.165) is 17.2 Å². The Kier molecular flexibility index (Phi) is 5.73. The highest BCUT2D eigenvalue weighted by Crippen LogP contribution is 2.23. The molecule has 0 atom stereocenters. The van der Waals surface area contributed by atoms with Crippen LogP contribution in [0.5, 0.6) is 0 Å². The molecule has 0 amide bonds. The molecular formula is C19H19NO4. The van der Waals surface area contributed by atoms with Gasteiger partial charge in [-0.2, -0.15) is 0 Å². The Bertz CT molecular complexity index is 763. The number of anilines is 1. The molecule has 0 saturated heterocycles. The Labute approximate surface area is 140 Å². The first-order chi connectivity index (χ1) is 11.5. The first-order valence-corrected chi connectivity index (χ1v) is 7.35. The number of aryl methyl sites for hydroxylation is 1. The molecule has 0 fully saturated rings. The normalized spacial score (nSPS) is 10.9. The fourth-order valence-corrected chi connectivity index (χ4v) is 2.16. The van der Waals surface area contributed by atoms with Crippen LogP contribution in [0.3, 0.4) is 0 Å². The minimum Gasteiger partial charge on any atom is -0.466 e. The van der Waals surface area contributed by atoms with Crippen LogP contribution in [0.25, 0.3) is 11.1 Å². The lowest BCUT2D eigenvalue weighted by Gasteiger charge is -2.10. The van der Waals surface area contributed by atoms with Gasteiger partial charge in [-0.15, -0.1) is 0 Å². The topological polar surface area (TPSA) is 64.6 Å². The number of rotatable bonds is 5. The second-order valence-corrected chi connectivity index (χ2v) is 5.14. The second kappa shape index (κ2) is 7.97. The molecule has 0 aliphatic heterocycles. The van der Waals surface area contributed by atoms with E-state index in [1.165, 1.54) is 19.8 Å². The molecule has 1 N–H and O–H groups in total. The molecule has 2 rings (SSSR count). The lowest BCUT2D eigenvalue weighted by molar-refractivity contribution is -0.138. The molecule has 0 aliphatic carbocycles. The summed E-state index contributed by atoms with van der Waals surface area (Å²) in [5, 5.41) is 2.87. The molecule has 5 heteroatoms. The summed E-state index contributed by atoms with van der Waals surface area (Å²) in [6.45, 7) is 2.04. The van der Waals surface area contributed by atoms with Crippen LogP contribution in [0.1, 0.15) is 5.56 Å². The van der Waals surface area contributed by atoms with E-state index in [4.69, 9.17) is 0 Å². The van der Waals surface area contributed by atoms with Crippen molar-refractivity contribution >= 4 is 17.6 Å². The van der Waals surface area contributed by atoms with Crippen molar-refractivity contribution in [1.82, 2.24) is 0 Å². The monoisotopic (exact) mass is 325 g/mol. The Morgan fingerprint density at radius 2 is 1.67 bits per heavy atom. The number of ether oxygens (including phenoxy) is 2. The molecule has 0 saturated carbocycles. The van der Waals surface area contributed by atoms with E-state index in [9.17, 15) is 9.59 Å². The summed E-state index contributed by atoms with van der Waals surface area (Å²) in [6, 6.07) is 15.7. The van der Waals surface area contributed by atoms with Gasteiger partial charge in [0.1, 0.15) is 5.70 Å². The van der Waals surface area contributed by atoms with Gasteiger partial charge in [-0.1, -0.05) is 42.0 Å². The Hall–Kier alpha value is -3.08. The van der Waals surface area contributed by atoms with Crippen molar-refractivity contribution in [3.05, 3.63) is 65.9 Å². The minimum absolute atomic E-state index is 0.00709. The van der Waals surface area contributed by atoms with E-state index in [-0.39, 0.29) is 5.70 Å². The van der Waals surface area contributed by atoms with Crippen molar-refractivity contribution in [3.8, 4) is 11.1 Å². The SMILES string of the molecule is COC(=O)/C=C(/Nc1ccc(-c2cccc(C)c2)cc1)C(=O)OC. The number of methoxy groups -OCH3 is 2. The maximum absolute atomic E-state index is 11.7. The van der Waals surface area contributed by atoms with Gasteiger partial charge in [0.05, 0.1) is 20.3 Å². The highest BCUT2D eigenvalue weighted by Gasteiger charge is 2.12. The van der Waals surface area contributed by atoms with Crippen molar-refractivity contribution in [2.75, 3.05) is 19.5 Å². The zero-order valence-corrected chi connectivity index (χ0v) is 13.8. The summed E-state index contributed by atoms with van der Waals surface area (Å²) in [5.74, 6) is -1.29. The van der Waals surface area contributed by atoms with E-state index in [0.29, 0.717) is 5.69 Å². The number of carbonyl (C=O) groups excluding carboxylic acids is 2. The predicted octanol–water partition coefficient (Wildman–Crippen LogP) is 3.30. The molecule has 2 aromatic carbocycles.